The first-order valence-corrected chi connectivity index (χ1v) is 7.20. The van der Waals surface area contributed by atoms with Crippen LogP contribution in [0, 0.1) is 0 Å². The zero-order valence-corrected chi connectivity index (χ0v) is 11.8. The van der Waals surface area contributed by atoms with Crippen molar-refractivity contribution in [3.8, 4) is 0 Å². The Balaban J connectivity index is 2.02. The Morgan fingerprint density at radius 3 is 2.45 bits per heavy atom. The maximum atomic E-state index is 10.9. The molecule has 0 spiro atoms. The molecule has 20 heavy (non-hydrogen) atoms. The molecule has 2 rings (SSSR count). The second-order valence-corrected chi connectivity index (χ2v) is 5.66. The number of benzene rings is 1. The number of carboxylic acids is 1. The Kier molecular flexibility index (Phi) is 5.29. The van der Waals surface area contributed by atoms with E-state index in [0.29, 0.717) is 18.0 Å². The predicted octanol–water partition coefficient (Wildman–Crippen LogP) is 2.44. The number of aromatic carboxylic acids is 1. The summed E-state index contributed by atoms with van der Waals surface area (Å²) < 4.78 is 0. The summed E-state index contributed by atoms with van der Waals surface area (Å²) in [5.74, 6) is -0.891. The van der Waals surface area contributed by atoms with Gasteiger partial charge in [0.05, 0.1) is 6.61 Å². The van der Waals surface area contributed by atoms with Crippen molar-refractivity contribution in [3.05, 3.63) is 57.8 Å². The van der Waals surface area contributed by atoms with E-state index in [1.165, 1.54) is 16.9 Å². The van der Waals surface area contributed by atoms with Gasteiger partial charge in [0.2, 0.25) is 0 Å². The number of hydrogen-bond donors (Lipinski definition) is 2. The normalized spacial score (nSPS) is 10.9. The van der Waals surface area contributed by atoms with Gasteiger partial charge in [0.1, 0.15) is 4.88 Å². The molecule has 1 aromatic carbocycles. The molecule has 0 aliphatic carbocycles. The third-order valence-corrected chi connectivity index (χ3v) is 3.98. The van der Waals surface area contributed by atoms with Crippen molar-refractivity contribution in [2.24, 2.45) is 0 Å². The lowest BCUT2D eigenvalue weighted by atomic mass is 10.2. The van der Waals surface area contributed by atoms with Crippen molar-refractivity contribution in [3.63, 3.8) is 0 Å². The fraction of sp³-hybridized carbons (Fsp3) is 0.267. The molecule has 4 nitrogen and oxygen atoms in total. The van der Waals surface area contributed by atoms with Crippen molar-refractivity contribution in [2.75, 3.05) is 13.2 Å². The fourth-order valence-electron chi connectivity index (χ4n) is 2.00. The number of carbonyl (C=O) groups is 1. The van der Waals surface area contributed by atoms with Crippen molar-refractivity contribution in [1.29, 1.82) is 0 Å². The zero-order chi connectivity index (χ0) is 14.4. The van der Waals surface area contributed by atoms with Crippen LogP contribution in [0.1, 0.15) is 20.1 Å². The third kappa shape index (κ3) is 4.16. The molecule has 2 aromatic rings. The van der Waals surface area contributed by atoms with Crippen LogP contribution in [0.25, 0.3) is 0 Å². The summed E-state index contributed by atoms with van der Waals surface area (Å²) in [7, 11) is 0. The minimum absolute atomic E-state index is 0.0873. The van der Waals surface area contributed by atoms with Crippen LogP contribution in [0.3, 0.4) is 0 Å². The van der Waals surface area contributed by atoms with Gasteiger partial charge in [-0.1, -0.05) is 30.3 Å². The van der Waals surface area contributed by atoms with E-state index < -0.39 is 5.97 Å². The molecule has 0 amide bonds. The first-order chi connectivity index (χ1) is 9.69. The summed E-state index contributed by atoms with van der Waals surface area (Å²) in [6, 6.07) is 13.5. The number of thiophene rings is 1. The molecule has 0 aliphatic heterocycles. The summed E-state index contributed by atoms with van der Waals surface area (Å²) in [6.45, 7) is 2.04. The fourth-order valence-corrected chi connectivity index (χ4v) is 2.88. The summed E-state index contributed by atoms with van der Waals surface area (Å²) in [5, 5.41) is 18.1. The summed E-state index contributed by atoms with van der Waals surface area (Å²) in [6.07, 6.45) is 0. The lowest BCUT2D eigenvalue weighted by Gasteiger charge is -2.20. The predicted molar refractivity (Wildman–Crippen MR) is 78.9 cm³/mol. The van der Waals surface area contributed by atoms with Gasteiger partial charge in [-0.25, -0.2) is 4.79 Å². The standard InChI is InChI=1S/C15H17NO3S/c17-9-8-16(10-12-4-2-1-3-5-12)11-13-6-7-14(20-13)15(18)19/h1-7,17H,8-11H2,(H,18,19). The van der Waals surface area contributed by atoms with Gasteiger partial charge in [0.25, 0.3) is 0 Å². The number of aliphatic hydroxyl groups excluding tert-OH is 1. The van der Waals surface area contributed by atoms with E-state index in [4.69, 9.17) is 10.2 Å². The van der Waals surface area contributed by atoms with E-state index in [-0.39, 0.29) is 6.61 Å². The second-order valence-electron chi connectivity index (χ2n) is 4.49. The maximum Gasteiger partial charge on any atom is 0.345 e. The molecule has 0 atom stereocenters. The van der Waals surface area contributed by atoms with Crippen LogP contribution in [0.5, 0.6) is 0 Å². The van der Waals surface area contributed by atoms with E-state index in [1.807, 2.05) is 36.4 Å². The van der Waals surface area contributed by atoms with Crippen molar-refractivity contribution in [2.45, 2.75) is 13.1 Å². The molecule has 5 heteroatoms. The zero-order valence-electron chi connectivity index (χ0n) is 11.0. The SMILES string of the molecule is O=C(O)c1ccc(CN(CCO)Cc2ccccc2)s1. The van der Waals surface area contributed by atoms with Crippen molar-refractivity contribution < 1.29 is 15.0 Å². The van der Waals surface area contributed by atoms with E-state index >= 15 is 0 Å². The van der Waals surface area contributed by atoms with Gasteiger partial charge >= 0.3 is 5.97 Å². The van der Waals surface area contributed by atoms with Gasteiger partial charge < -0.3 is 10.2 Å². The molecule has 0 bridgehead atoms. The Morgan fingerprint density at radius 2 is 1.85 bits per heavy atom. The minimum Gasteiger partial charge on any atom is -0.477 e. The van der Waals surface area contributed by atoms with Gasteiger partial charge in [0.15, 0.2) is 0 Å². The largest absolute Gasteiger partial charge is 0.477 e. The van der Waals surface area contributed by atoms with Crippen LogP contribution in [-0.4, -0.2) is 34.2 Å². The number of hydrogen-bond acceptors (Lipinski definition) is 4. The highest BCUT2D eigenvalue weighted by molar-refractivity contribution is 7.13. The molecular formula is C15H17NO3S. The highest BCUT2D eigenvalue weighted by atomic mass is 32.1. The van der Waals surface area contributed by atoms with E-state index in [1.54, 1.807) is 6.07 Å². The van der Waals surface area contributed by atoms with Crippen LogP contribution in [-0.2, 0) is 13.1 Å². The highest BCUT2D eigenvalue weighted by Gasteiger charge is 2.11. The van der Waals surface area contributed by atoms with Gasteiger partial charge in [-0.2, -0.15) is 0 Å². The Labute approximate surface area is 121 Å². The summed E-state index contributed by atoms with van der Waals surface area (Å²) in [4.78, 5) is 14.3. The topological polar surface area (TPSA) is 60.8 Å². The average molecular weight is 291 g/mol. The average Bonchev–Trinajstić information content (AvgIpc) is 2.89. The summed E-state index contributed by atoms with van der Waals surface area (Å²) in [5.41, 5.74) is 1.18. The first-order valence-electron chi connectivity index (χ1n) is 6.38. The molecule has 0 saturated heterocycles. The molecule has 106 valence electrons. The van der Waals surface area contributed by atoms with Crippen LogP contribution in [0.2, 0.25) is 0 Å². The van der Waals surface area contributed by atoms with Crippen LogP contribution >= 0.6 is 11.3 Å². The number of nitrogens with zero attached hydrogens (tertiary/aromatic N) is 1. The molecule has 2 N–H and O–H groups in total. The number of aliphatic hydroxyl groups is 1. The maximum absolute atomic E-state index is 10.9. The summed E-state index contributed by atoms with van der Waals surface area (Å²) >= 11 is 1.28. The molecule has 1 aromatic heterocycles. The van der Waals surface area contributed by atoms with Crippen molar-refractivity contribution in [1.82, 2.24) is 4.90 Å². The molecule has 0 unspecified atom stereocenters. The van der Waals surface area contributed by atoms with E-state index in [2.05, 4.69) is 4.90 Å². The molecular weight excluding hydrogens is 274 g/mol. The highest BCUT2D eigenvalue weighted by Crippen LogP contribution is 2.19. The quantitative estimate of drug-likeness (QED) is 0.822. The van der Waals surface area contributed by atoms with E-state index in [0.717, 1.165) is 11.4 Å². The molecule has 1 heterocycles. The van der Waals surface area contributed by atoms with Crippen LogP contribution in [0.15, 0.2) is 42.5 Å². The molecule has 0 fully saturated rings. The Morgan fingerprint density at radius 1 is 1.10 bits per heavy atom. The Bertz CT molecular complexity index is 553. The lowest BCUT2D eigenvalue weighted by Crippen LogP contribution is -2.25. The third-order valence-electron chi connectivity index (χ3n) is 2.92. The Hall–Kier alpha value is -1.69. The van der Waals surface area contributed by atoms with Gasteiger partial charge in [0, 0.05) is 24.5 Å². The lowest BCUT2D eigenvalue weighted by molar-refractivity contribution is 0.0702. The van der Waals surface area contributed by atoms with Gasteiger partial charge in [-0.15, -0.1) is 11.3 Å². The van der Waals surface area contributed by atoms with Crippen molar-refractivity contribution >= 4 is 17.3 Å². The molecule has 0 aliphatic rings. The van der Waals surface area contributed by atoms with Gasteiger partial charge in [-0.05, 0) is 17.7 Å². The van der Waals surface area contributed by atoms with Crippen LogP contribution in [0.4, 0.5) is 0 Å². The minimum atomic E-state index is -0.891. The van der Waals surface area contributed by atoms with Gasteiger partial charge in [-0.3, -0.25) is 4.90 Å². The molecule has 0 saturated carbocycles. The van der Waals surface area contributed by atoms with E-state index in [9.17, 15) is 4.79 Å². The number of rotatable bonds is 7. The smallest absolute Gasteiger partial charge is 0.345 e. The van der Waals surface area contributed by atoms with Crippen LogP contribution < -0.4 is 0 Å². The molecule has 0 radical (unpaired) electrons. The second kappa shape index (κ2) is 7.19. The monoisotopic (exact) mass is 291 g/mol. The first kappa shape index (κ1) is 14.7. The number of carboxylic acid groups (broad SMARTS) is 1.